The third kappa shape index (κ3) is 4.02. The molecule has 0 amide bonds. The Morgan fingerprint density at radius 1 is 1.29 bits per heavy atom. The van der Waals surface area contributed by atoms with Crippen molar-refractivity contribution in [3.05, 3.63) is 0 Å². The van der Waals surface area contributed by atoms with Gasteiger partial charge in [0.2, 0.25) is 0 Å². The molecule has 0 heterocycles. The predicted molar refractivity (Wildman–Crippen MR) is 68.4 cm³/mol. The molecule has 0 N–H and O–H groups in total. The van der Waals surface area contributed by atoms with E-state index in [-0.39, 0.29) is 0 Å². The molecule has 14 heavy (non-hydrogen) atoms. The molecule has 1 fully saturated rings. The second kappa shape index (κ2) is 7.00. The molecule has 0 radical (unpaired) electrons. The van der Waals surface area contributed by atoms with Gasteiger partial charge in [0.25, 0.3) is 0 Å². The van der Waals surface area contributed by atoms with E-state index in [1.807, 2.05) is 0 Å². The van der Waals surface area contributed by atoms with Gasteiger partial charge in [-0.1, -0.05) is 20.3 Å². The molecule has 0 nitrogen and oxygen atoms in total. The molecule has 1 aliphatic rings. The fourth-order valence-electron chi connectivity index (χ4n) is 2.37. The molecule has 0 bridgehead atoms. The van der Waals surface area contributed by atoms with Crippen molar-refractivity contribution in [2.75, 3.05) is 11.5 Å². The molecule has 84 valence electrons. The van der Waals surface area contributed by atoms with Gasteiger partial charge in [-0.05, 0) is 49.0 Å². The number of thioether (sulfide) groups is 1. The van der Waals surface area contributed by atoms with E-state index in [4.69, 9.17) is 11.6 Å². The first-order chi connectivity index (χ1) is 6.77. The molecule has 1 saturated carbocycles. The summed E-state index contributed by atoms with van der Waals surface area (Å²) in [4.78, 5) is 0. The molecule has 3 atom stereocenters. The summed E-state index contributed by atoms with van der Waals surface area (Å²) in [6.45, 7) is 4.55. The lowest BCUT2D eigenvalue weighted by molar-refractivity contribution is 0.262. The van der Waals surface area contributed by atoms with Gasteiger partial charge in [-0.3, -0.25) is 0 Å². The SMILES string of the molecule is CCSCCC1CC(CC)CCC1Cl. The lowest BCUT2D eigenvalue weighted by Crippen LogP contribution is -2.25. The zero-order chi connectivity index (χ0) is 10.4. The molecule has 0 aromatic rings. The predicted octanol–water partition coefficient (Wildman–Crippen LogP) is 4.56. The highest BCUT2D eigenvalue weighted by molar-refractivity contribution is 7.99. The normalized spacial score (nSPS) is 33.2. The van der Waals surface area contributed by atoms with Gasteiger partial charge in [-0.15, -0.1) is 11.6 Å². The fraction of sp³-hybridized carbons (Fsp3) is 1.00. The van der Waals surface area contributed by atoms with Crippen LogP contribution in [-0.2, 0) is 0 Å². The van der Waals surface area contributed by atoms with Crippen LogP contribution in [0.1, 0.15) is 46.0 Å². The third-order valence-electron chi connectivity index (χ3n) is 3.41. The van der Waals surface area contributed by atoms with Gasteiger partial charge in [-0.25, -0.2) is 0 Å². The first kappa shape index (κ1) is 12.7. The van der Waals surface area contributed by atoms with E-state index in [2.05, 4.69) is 25.6 Å². The minimum absolute atomic E-state index is 0.468. The van der Waals surface area contributed by atoms with Crippen molar-refractivity contribution in [2.24, 2.45) is 11.8 Å². The van der Waals surface area contributed by atoms with E-state index >= 15 is 0 Å². The fourth-order valence-corrected chi connectivity index (χ4v) is 3.49. The Morgan fingerprint density at radius 2 is 2.07 bits per heavy atom. The minimum atomic E-state index is 0.468. The molecular formula is C12H23ClS. The number of halogens is 1. The van der Waals surface area contributed by atoms with Crippen molar-refractivity contribution in [3.63, 3.8) is 0 Å². The molecule has 0 spiro atoms. The van der Waals surface area contributed by atoms with E-state index in [9.17, 15) is 0 Å². The van der Waals surface area contributed by atoms with Crippen LogP contribution in [0.25, 0.3) is 0 Å². The van der Waals surface area contributed by atoms with Gasteiger partial charge in [0.05, 0.1) is 0 Å². The minimum Gasteiger partial charge on any atom is -0.162 e. The summed E-state index contributed by atoms with van der Waals surface area (Å²) in [5.74, 6) is 4.31. The molecule has 0 saturated heterocycles. The summed E-state index contributed by atoms with van der Waals surface area (Å²) in [5.41, 5.74) is 0. The highest BCUT2D eigenvalue weighted by atomic mass is 35.5. The summed E-state index contributed by atoms with van der Waals surface area (Å²) < 4.78 is 0. The van der Waals surface area contributed by atoms with Crippen LogP contribution in [0.15, 0.2) is 0 Å². The number of hydrogen-bond donors (Lipinski definition) is 0. The molecule has 1 rings (SSSR count). The standard InChI is InChI=1S/C12H23ClS/c1-3-10-5-6-12(13)11(9-10)7-8-14-4-2/h10-12H,3-9H2,1-2H3. The van der Waals surface area contributed by atoms with Crippen LogP contribution in [0.3, 0.4) is 0 Å². The maximum atomic E-state index is 6.37. The largest absolute Gasteiger partial charge is 0.162 e. The van der Waals surface area contributed by atoms with Crippen molar-refractivity contribution in [3.8, 4) is 0 Å². The summed E-state index contributed by atoms with van der Waals surface area (Å²) in [6.07, 6.45) is 6.68. The summed E-state index contributed by atoms with van der Waals surface area (Å²) >= 11 is 8.43. The van der Waals surface area contributed by atoms with Gasteiger partial charge in [0.1, 0.15) is 0 Å². The summed E-state index contributed by atoms with van der Waals surface area (Å²) in [5, 5.41) is 0.468. The zero-order valence-electron chi connectivity index (χ0n) is 9.47. The average Bonchev–Trinajstić information content (AvgIpc) is 2.21. The van der Waals surface area contributed by atoms with E-state index in [1.165, 1.54) is 43.6 Å². The van der Waals surface area contributed by atoms with Gasteiger partial charge in [0.15, 0.2) is 0 Å². The monoisotopic (exact) mass is 234 g/mol. The second-order valence-corrected chi connectivity index (χ2v) is 6.30. The van der Waals surface area contributed by atoms with Crippen molar-refractivity contribution in [1.82, 2.24) is 0 Å². The van der Waals surface area contributed by atoms with Crippen LogP contribution >= 0.6 is 23.4 Å². The van der Waals surface area contributed by atoms with E-state index in [1.54, 1.807) is 0 Å². The van der Waals surface area contributed by atoms with Crippen molar-refractivity contribution < 1.29 is 0 Å². The van der Waals surface area contributed by atoms with Crippen LogP contribution in [-0.4, -0.2) is 16.9 Å². The molecular weight excluding hydrogens is 212 g/mol. The molecule has 3 unspecified atom stereocenters. The van der Waals surface area contributed by atoms with E-state index < -0.39 is 0 Å². The number of hydrogen-bond acceptors (Lipinski definition) is 1. The van der Waals surface area contributed by atoms with Crippen molar-refractivity contribution in [2.45, 2.75) is 51.3 Å². The summed E-state index contributed by atoms with van der Waals surface area (Å²) in [7, 11) is 0. The Hall–Kier alpha value is 0.640. The lowest BCUT2D eigenvalue weighted by atomic mass is 9.79. The molecule has 0 aliphatic heterocycles. The van der Waals surface area contributed by atoms with Gasteiger partial charge in [0, 0.05) is 5.38 Å². The Balaban J connectivity index is 2.25. The third-order valence-corrected chi connectivity index (χ3v) is 4.92. The Kier molecular flexibility index (Phi) is 6.36. The Labute approximate surface area is 98.2 Å². The van der Waals surface area contributed by atoms with E-state index in [0.717, 1.165) is 11.8 Å². The van der Waals surface area contributed by atoms with Crippen LogP contribution in [0.2, 0.25) is 0 Å². The molecule has 1 aliphatic carbocycles. The van der Waals surface area contributed by atoms with Crippen LogP contribution in [0, 0.1) is 11.8 Å². The maximum Gasteiger partial charge on any atom is 0.0364 e. The van der Waals surface area contributed by atoms with Gasteiger partial charge >= 0.3 is 0 Å². The highest BCUT2D eigenvalue weighted by Gasteiger charge is 2.27. The molecule has 0 aromatic carbocycles. The van der Waals surface area contributed by atoms with Crippen LogP contribution in [0.4, 0.5) is 0 Å². The maximum absolute atomic E-state index is 6.37. The molecule has 0 aromatic heterocycles. The Morgan fingerprint density at radius 3 is 2.71 bits per heavy atom. The van der Waals surface area contributed by atoms with E-state index in [0.29, 0.717) is 5.38 Å². The first-order valence-corrected chi connectivity index (χ1v) is 7.58. The van der Waals surface area contributed by atoms with Crippen LogP contribution < -0.4 is 0 Å². The topological polar surface area (TPSA) is 0 Å². The smallest absolute Gasteiger partial charge is 0.0364 e. The van der Waals surface area contributed by atoms with Crippen LogP contribution in [0.5, 0.6) is 0 Å². The quantitative estimate of drug-likeness (QED) is 0.496. The lowest BCUT2D eigenvalue weighted by Gasteiger charge is -2.32. The van der Waals surface area contributed by atoms with Crippen molar-refractivity contribution >= 4 is 23.4 Å². The number of alkyl halides is 1. The number of rotatable bonds is 5. The first-order valence-electron chi connectivity index (χ1n) is 5.99. The van der Waals surface area contributed by atoms with Crippen molar-refractivity contribution in [1.29, 1.82) is 0 Å². The van der Waals surface area contributed by atoms with Gasteiger partial charge in [-0.2, -0.15) is 11.8 Å². The zero-order valence-corrected chi connectivity index (χ0v) is 11.0. The highest BCUT2D eigenvalue weighted by Crippen LogP contribution is 2.36. The Bertz CT molecular complexity index is 149. The van der Waals surface area contributed by atoms with Gasteiger partial charge < -0.3 is 0 Å². The average molecular weight is 235 g/mol. The summed E-state index contributed by atoms with van der Waals surface area (Å²) in [6, 6.07) is 0. The molecule has 2 heteroatoms. The second-order valence-electron chi connectivity index (χ2n) is 4.35.